The second kappa shape index (κ2) is 6.97. The molecular weight excluding hydrogens is 218 g/mol. The summed E-state index contributed by atoms with van der Waals surface area (Å²) in [4.78, 5) is 10.8. The first-order valence-electron chi connectivity index (χ1n) is 3.26. The first-order chi connectivity index (χ1) is 5.68. The van der Waals surface area contributed by atoms with Crippen molar-refractivity contribution in [2.24, 2.45) is 0 Å². The van der Waals surface area contributed by atoms with E-state index in [2.05, 4.69) is 0 Å². The number of hydrogen-bond donors (Lipinski definition) is 0. The number of hydrogen-bond acceptors (Lipinski definition) is 3. The molecule has 0 heterocycles. The molecule has 1 rings (SSSR count). The molecule has 0 fully saturated rings. The number of carboxylic acid groups (broad SMARTS) is 1. The standard InChI is InChI=1S/C8H7FO2S.K/c9-6-1-3-7(4-2-6)12-5-8(10)11;/h1-4H,5H2,(H,10,11);/p-1. The zero-order valence-electron chi connectivity index (χ0n) is 7.12. The third-order valence-corrected chi connectivity index (χ3v) is 2.16. The van der Waals surface area contributed by atoms with Gasteiger partial charge in [0.15, 0.2) is 0 Å². The van der Waals surface area contributed by atoms with E-state index in [9.17, 15) is 14.3 Å². The monoisotopic (exact) mass is 224 g/mol. The average molecular weight is 224 g/mol. The normalized spacial score (nSPS) is 9.00. The molecule has 0 saturated carbocycles. The number of carbonyl (C=O) groups excluding carboxylic acids is 1. The Hall–Kier alpha value is 0.606. The summed E-state index contributed by atoms with van der Waals surface area (Å²) in [6.07, 6.45) is 0. The molecule has 0 aromatic heterocycles. The minimum Gasteiger partial charge on any atom is -0.549 e. The molecule has 0 amide bonds. The largest absolute Gasteiger partial charge is 0.549 e. The van der Waals surface area contributed by atoms with Crippen LogP contribution in [0.1, 0.15) is 0 Å². The van der Waals surface area contributed by atoms with Crippen LogP contribution in [0.2, 0.25) is 0 Å². The minimum atomic E-state index is -1.12. The SMILES string of the molecule is O=C([O-])CSc1ccc(F)cc1.[K]. The molecule has 1 aromatic carbocycles. The van der Waals surface area contributed by atoms with Gasteiger partial charge in [-0.3, -0.25) is 0 Å². The van der Waals surface area contributed by atoms with E-state index in [1.807, 2.05) is 0 Å². The maximum atomic E-state index is 12.3. The van der Waals surface area contributed by atoms with Crippen molar-refractivity contribution < 1.29 is 14.3 Å². The van der Waals surface area contributed by atoms with Crippen LogP contribution in [-0.4, -0.2) is 63.1 Å². The number of benzene rings is 1. The molecule has 0 aliphatic rings. The van der Waals surface area contributed by atoms with Crippen LogP contribution in [0.5, 0.6) is 0 Å². The van der Waals surface area contributed by atoms with E-state index in [0.717, 1.165) is 16.7 Å². The third-order valence-electron chi connectivity index (χ3n) is 1.17. The van der Waals surface area contributed by atoms with Gasteiger partial charge in [0.05, 0.1) is 5.97 Å². The zero-order chi connectivity index (χ0) is 8.97. The van der Waals surface area contributed by atoms with E-state index in [0.29, 0.717) is 0 Å². The summed E-state index contributed by atoms with van der Waals surface area (Å²) in [7, 11) is 0. The summed E-state index contributed by atoms with van der Waals surface area (Å²) < 4.78 is 12.3. The van der Waals surface area contributed by atoms with Gasteiger partial charge in [-0.2, -0.15) is 0 Å². The van der Waals surface area contributed by atoms with Crippen LogP contribution < -0.4 is 5.11 Å². The van der Waals surface area contributed by atoms with Crippen molar-refractivity contribution in [2.75, 3.05) is 5.75 Å². The van der Waals surface area contributed by atoms with Crippen molar-refractivity contribution >= 4 is 69.1 Å². The number of halogens is 1. The Labute approximate surface area is 122 Å². The Balaban J connectivity index is 0.00000144. The number of thioether (sulfide) groups is 1. The number of carboxylic acids is 1. The summed E-state index contributed by atoms with van der Waals surface area (Å²) >= 11 is 1.11. The molecule has 0 saturated heterocycles. The van der Waals surface area contributed by atoms with Crippen molar-refractivity contribution in [3.05, 3.63) is 30.1 Å². The fourth-order valence-electron chi connectivity index (χ4n) is 0.673. The molecule has 1 aromatic rings. The van der Waals surface area contributed by atoms with E-state index in [1.54, 1.807) is 0 Å². The summed E-state index contributed by atoms with van der Waals surface area (Å²) in [5, 5.41) is 10.0. The van der Waals surface area contributed by atoms with Crippen LogP contribution in [0, 0.1) is 5.82 Å². The Morgan fingerprint density at radius 2 is 1.92 bits per heavy atom. The predicted octanol–water partition coefficient (Wildman–Crippen LogP) is 0.287. The second-order valence-corrected chi connectivity index (χ2v) is 3.16. The molecule has 13 heavy (non-hydrogen) atoms. The van der Waals surface area contributed by atoms with Crippen LogP contribution in [0.3, 0.4) is 0 Å². The number of rotatable bonds is 3. The van der Waals surface area contributed by atoms with Crippen LogP contribution in [0.25, 0.3) is 0 Å². The van der Waals surface area contributed by atoms with Gasteiger partial charge in [0, 0.05) is 62.0 Å². The number of aliphatic carboxylic acids is 1. The quantitative estimate of drug-likeness (QED) is 0.547. The van der Waals surface area contributed by atoms with Gasteiger partial charge in [-0.25, -0.2) is 4.39 Å². The second-order valence-electron chi connectivity index (χ2n) is 2.11. The van der Waals surface area contributed by atoms with Gasteiger partial charge in [-0.15, -0.1) is 11.8 Å². The van der Waals surface area contributed by atoms with Crippen molar-refractivity contribution in [3.63, 3.8) is 0 Å². The first-order valence-corrected chi connectivity index (χ1v) is 4.25. The van der Waals surface area contributed by atoms with Crippen LogP contribution in [0.4, 0.5) is 4.39 Å². The summed E-state index contributed by atoms with van der Waals surface area (Å²) in [6.45, 7) is 0. The Morgan fingerprint density at radius 1 is 1.38 bits per heavy atom. The van der Waals surface area contributed by atoms with E-state index in [4.69, 9.17) is 0 Å². The molecule has 0 aliphatic heterocycles. The van der Waals surface area contributed by atoms with Crippen LogP contribution in [0.15, 0.2) is 29.2 Å². The van der Waals surface area contributed by atoms with Crippen molar-refractivity contribution in [2.45, 2.75) is 4.90 Å². The van der Waals surface area contributed by atoms with Gasteiger partial charge in [0.25, 0.3) is 0 Å². The molecule has 0 atom stereocenters. The first kappa shape index (κ1) is 13.6. The molecule has 0 unspecified atom stereocenters. The molecular formula is C8H6FKO2S-. The van der Waals surface area contributed by atoms with Gasteiger partial charge in [0.2, 0.25) is 0 Å². The van der Waals surface area contributed by atoms with Gasteiger partial charge in [0.1, 0.15) is 5.82 Å². The molecule has 65 valence electrons. The van der Waals surface area contributed by atoms with Crippen LogP contribution in [-0.2, 0) is 4.79 Å². The van der Waals surface area contributed by atoms with Gasteiger partial charge in [-0.05, 0) is 24.3 Å². The van der Waals surface area contributed by atoms with E-state index in [1.165, 1.54) is 24.3 Å². The maximum absolute atomic E-state index is 12.3. The maximum Gasteiger partial charge on any atom is 0.123 e. The number of carbonyl (C=O) groups is 1. The molecule has 1 radical (unpaired) electrons. The summed E-state index contributed by atoms with van der Waals surface area (Å²) in [6, 6.07) is 5.64. The smallest absolute Gasteiger partial charge is 0.123 e. The zero-order valence-corrected chi connectivity index (χ0v) is 11.1. The average Bonchev–Trinajstić information content (AvgIpc) is 2.03. The van der Waals surface area contributed by atoms with E-state index in [-0.39, 0.29) is 63.0 Å². The van der Waals surface area contributed by atoms with Crippen LogP contribution >= 0.6 is 11.8 Å². The molecule has 2 nitrogen and oxygen atoms in total. The fraction of sp³-hybridized carbons (Fsp3) is 0.125. The van der Waals surface area contributed by atoms with E-state index >= 15 is 0 Å². The minimum absolute atomic E-state index is 0. The summed E-state index contributed by atoms with van der Waals surface area (Å²) in [5.74, 6) is -1.55. The summed E-state index contributed by atoms with van der Waals surface area (Å²) in [5.41, 5.74) is 0. The van der Waals surface area contributed by atoms with Gasteiger partial charge >= 0.3 is 0 Å². The molecule has 0 spiro atoms. The Bertz CT molecular complexity index is 276. The topological polar surface area (TPSA) is 40.1 Å². The third kappa shape index (κ3) is 5.82. The van der Waals surface area contributed by atoms with Gasteiger partial charge in [-0.1, -0.05) is 0 Å². The van der Waals surface area contributed by atoms with Gasteiger partial charge < -0.3 is 9.90 Å². The molecule has 0 aliphatic carbocycles. The predicted molar refractivity (Wildman–Crippen MR) is 47.9 cm³/mol. The Morgan fingerprint density at radius 3 is 2.38 bits per heavy atom. The fourth-order valence-corrected chi connectivity index (χ4v) is 1.29. The molecule has 5 heteroatoms. The van der Waals surface area contributed by atoms with Crippen molar-refractivity contribution in [1.82, 2.24) is 0 Å². The molecule has 0 bridgehead atoms. The molecule has 0 N–H and O–H groups in total. The Kier molecular flexibility index (Phi) is 7.30. The van der Waals surface area contributed by atoms with Crippen molar-refractivity contribution in [3.8, 4) is 0 Å². The van der Waals surface area contributed by atoms with Crippen molar-refractivity contribution in [1.29, 1.82) is 0 Å². The van der Waals surface area contributed by atoms with E-state index < -0.39 is 5.97 Å².